The Balaban J connectivity index is 2.30. The van der Waals surface area contributed by atoms with Crippen molar-refractivity contribution in [3.63, 3.8) is 0 Å². The Labute approximate surface area is 122 Å². The van der Waals surface area contributed by atoms with Gasteiger partial charge in [-0.25, -0.2) is 9.67 Å². The molecule has 0 spiro atoms. The van der Waals surface area contributed by atoms with Gasteiger partial charge >= 0.3 is 0 Å². The number of halogens is 1. The molecule has 1 aromatic carbocycles. The van der Waals surface area contributed by atoms with Gasteiger partial charge in [0.05, 0.1) is 5.02 Å². The van der Waals surface area contributed by atoms with Crippen LogP contribution in [0.1, 0.15) is 18.9 Å². The quantitative estimate of drug-likeness (QED) is 0.922. The second-order valence-electron chi connectivity index (χ2n) is 4.37. The Kier molecular flexibility index (Phi) is 4.85. The van der Waals surface area contributed by atoms with Gasteiger partial charge in [0.15, 0.2) is 5.16 Å². The van der Waals surface area contributed by atoms with Crippen LogP contribution in [0.5, 0.6) is 0 Å². The van der Waals surface area contributed by atoms with E-state index in [1.165, 1.54) is 18.1 Å². The number of rotatable bonds is 5. The molecule has 0 fully saturated rings. The maximum atomic E-state index is 6.31. The maximum absolute atomic E-state index is 6.31. The Hall–Kier alpha value is -1.04. The lowest BCUT2D eigenvalue weighted by atomic mass is 10.0. The van der Waals surface area contributed by atoms with Gasteiger partial charge in [-0.3, -0.25) is 0 Å². The molecule has 2 rings (SSSR count). The molecule has 1 atom stereocenters. The first-order valence-electron chi connectivity index (χ1n) is 6.16. The topological polar surface area (TPSA) is 56.7 Å². The van der Waals surface area contributed by atoms with E-state index in [1.54, 1.807) is 4.68 Å². The van der Waals surface area contributed by atoms with Gasteiger partial charge in [0.1, 0.15) is 6.33 Å². The summed E-state index contributed by atoms with van der Waals surface area (Å²) >= 11 is 7.83. The molecular weight excluding hydrogens is 280 g/mol. The monoisotopic (exact) mass is 296 g/mol. The lowest BCUT2D eigenvalue weighted by molar-refractivity contribution is 0.640. The number of nitrogens with two attached hydrogens (primary N) is 1. The first kappa shape index (κ1) is 14.4. The van der Waals surface area contributed by atoms with Crippen LogP contribution in [0.2, 0.25) is 5.02 Å². The van der Waals surface area contributed by atoms with Crippen LogP contribution in [0.4, 0.5) is 0 Å². The highest BCUT2D eigenvalue weighted by Crippen LogP contribution is 2.35. The highest BCUT2D eigenvalue weighted by molar-refractivity contribution is 7.99. The van der Waals surface area contributed by atoms with Crippen molar-refractivity contribution in [3.8, 4) is 0 Å². The molecule has 6 heteroatoms. The minimum Gasteiger partial charge on any atom is -0.327 e. The fourth-order valence-electron chi connectivity index (χ4n) is 1.72. The standard InChI is InChI=1S/C13H17ClN4S/c1-3-10(15)7-9-5-4-6-11(14)12(9)19-13-16-8-17-18(13)2/h4-6,8,10H,3,7,15H2,1-2H3. The first-order chi connectivity index (χ1) is 9.11. The molecule has 0 aliphatic heterocycles. The van der Waals surface area contributed by atoms with Crippen molar-refractivity contribution in [1.82, 2.24) is 14.8 Å². The summed E-state index contributed by atoms with van der Waals surface area (Å²) in [5.74, 6) is 0. The van der Waals surface area contributed by atoms with Gasteiger partial charge in [-0.1, -0.05) is 30.7 Å². The third-order valence-corrected chi connectivity index (χ3v) is 4.58. The second kappa shape index (κ2) is 6.41. The van der Waals surface area contributed by atoms with Crippen molar-refractivity contribution in [2.75, 3.05) is 0 Å². The minimum atomic E-state index is 0.150. The molecule has 0 saturated carbocycles. The van der Waals surface area contributed by atoms with E-state index >= 15 is 0 Å². The Morgan fingerprint density at radius 2 is 2.26 bits per heavy atom. The zero-order valence-electron chi connectivity index (χ0n) is 11.0. The molecular formula is C13H17ClN4S. The van der Waals surface area contributed by atoms with E-state index in [4.69, 9.17) is 17.3 Å². The van der Waals surface area contributed by atoms with Crippen LogP contribution in [0, 0.1) is 0 Å². The van der Waals surface area contributed by atoms with Gasteiger partial charge in [0.25, 0.3) is 0 Å². The molecule has 0 amide bonds. The number of nitrogens with zero attached hydrogens (tertiary/aromatic N) is 3. The fraction of sp³-hybridized carbons (Fsp3) is 0.385. The molecule has 1 heterocycles. The van der Waals surface area contributed by atoms with Gasteiger partial charge in [0.2, 0.25) is 0 Å². The van der Waals surface area contributed by atoms with E-state index in [0.717, 1.165) is 33.5 Å². The number of hydrogen-bond acceptors (Lipinski definition) is 4. The molecule has 0 aliphatic carbocycles. The minimum absolute atomic E-state index is 0.150. The van der Waals surface area contributed by atoms with E-state index < -0.39 is 0 Å². The smallest absolute Gasteiger partial charge is 0.190 e. The molecule has 19 heavy (non-hydrogen) atoms. The van der Waals surface area contributed by atoms with E-state index in [-0.39, 0.29) is 6.04 Å². The van der Waals surface area contributed by atoms with Crippen LogP contribution in [-0.2, 0) is 13.5 Å². The largest absolute Gasteiger partial charge is 0.327 e. The van der Waals surface area contributed by atoms with Crippen LogP contribution in [0.25, 0.3) is 0 Å². The maximum Gasteiger partial charge on any atom is 0.190 e. The summed E-state index contributed by atoms with van der Waals surface area (Å²) in [6.07, 6.45) is 3.30. The van der Waals surface area contributed by atoms with Gasteiger partial charge in [-0.15, -0.1) is 0 Å². The van der Waals surface area contributed by atoms with Crippen molar-refractivity contribution < 1.29 is 0 Å². The molecule has 0 aliphatic rings. The Morgan fingerprint density at radius 3 is 2.89 bits per heavy atom. The van der Waals surface area contributed by atoms with Crippen molar-refractivity contribution in [1.29, 1.82) is 0 Å². The molecule has 102 valence electrons. The average Bonchev–Trinajstić information content (AvgIpc) is 2.79. The molecule has 2 aromatic rings. The summed E-state index contributed by atoms with van der Waals surface area (Å²) in [6.45, 7) is 2.09. The number of aromatic nitrogens is 3. The van der Waals surface area contributed by atoms with Gasteiger partial charge in [0, 0.05) is 18.0 Å². The molecule has 0 radical (unpaired) electrons. The van der Waals surface area contributed by atoms with Crippen LogP contribution in [-0.4, -0.2) is 20.8 Å². The normalized spacial score (nSPS) is 12.6. The third-order valence-electron chi connectivity index (χ3n) is 2.92. The van der Waals surface area contributed by atoms with Crippen LogP contribution in [0.3, 0.4) is 0 Å². The predicted octanol–water partition coefficient (Wildman–Crippen LogP) is 2.90. The van der Waals surface area contributed by atoms with Crippen LogP contribution in [0.15, 0.2) is 34.6 Å². The highest BCUT2D eigenvalue weighted by atomic mass is 35.5. The van der Waals surface area contributed by atoms with E-state index in [0.29, 0.717) is 0 Å². The summed E-state index contributed by atoms with van der Waals surface area (Å²) in [5.41, 5.74) is 7.20. The summed E-state index contributed by atoms with van der Waals surface area (Å²) in [5, 5.41) is 5.62. The zero-order valence-corrected chi connectivity index (χ0v) is 12.6. The summed E-state index contributed by atoms with van der Waals surface area (Å²) in [6, 6.07) is 6.07. The fourth-order valence-corrected chi connectivity index (χ4v) is 2.94. The molecule has 4 nitrogen and oxygen atoms in total. The zero-order chi connectivity index (χ0) is 13.8. The van der Waals surface area contributed by atoms with Crippen LogP contribution < -0.4 is 5.73 Å². The molecule has 1 unspecified atom stereocenters. The summed E-state index contributed by atoms with van der Waals surface area (Å²) < 4.78 is 1.73. The lowest BCUT2D eigenvalue weighted by Gasteiger charge is -2.14. The first-order valence-corrected chi connectivity index (χ1v) is 7.36. The number of benzene rings is 1. The van der Waals surface area contributed by atoms with Crippen molar-refractivity contribution in [2.45, 2.75) is 35.9 Å². The molecule has 1 aromatic heterocycles. The number of hydrogen-bond donors (Lipinski definition) is 1. The molecule has 2 N–H and O–H groups in total. The summed E-state index contributed by atoms with van der Waals surface area (Å²) in [4.78, 5) is 5.24. The highest BCUT2D eigenvalue weighted by Gasteiger charge is 2.13. The third kappa shape index (κ3) is 3.49. The number of aryl methyl sites for hydroxylation is 1. The summed E-state index contributed by atoms with van der Waals surface area (Å²) in [7, 11) is 1.86. The van der Waals surface area contributed by atoms with E-state index in [2.05, 4.69) is 23.1 Å². The Bertz CT molecular complexity index is 555. The second-order valence-corrected chi connectivity index (χ2v) is 5.75. The SMILES string of the molecule is CCC(N)Cc1cccc(Cl)c1Sc1ncnn1C. The molecule has 0 bridgehead atoms. The van der Waals surface area contributed by atoms with Crippen molar-refractivity contribution in [3.05, 3.63) is 35.1 Å². The van der Waals surface area contributed by atoms with E-state index in [1.807, 2.05) is 19.2 Å². The van der Waals surface area contributed by atoms with E-state index in [9.17, 15) is 0 Å². The average molecular weight is 297 g/mol. The molecule has 0 saturated heterocycles. The Morgan fingerprint density at radius 1 is 1.47 bits per heavy atom. The predicted molar refractivity (Wildman–Crippen MR) is 78.5 cm³/mol. The van der Waals surface area contributed by atoms with Gasteiger partial charge in [-0.2, -0.15) is 5.10 Å². The van der Waals surface area contributed by atoms with Crippen molar-refractivity contribution >= 4 is 23.4 Å². The lowest BCUT2D eigenvalue weighted by Crippen LogP contribution is -2.21. The van der Waals surface area contributed by atoms with Crippen LogP contribution >= 0.6 is 23.4 Å². The van der Waals surface area contributed by atoms with Gasteiger partial charge in [-0.05, 0) is 36.2 Å². The van der Waals surface area contributed by atoms with Gasteiger partial charge < -0.3 is 5.73 Å². The van der Waals surface area contributed by atoms with Crippen molar-refractivity contribution in [2.24, 2.45) is 12.8 Å².